The number of piperazine rings is 1. The zero-order valence-electron chi connectivity index (χ0n) is 9.37. The summed E-state index contributed by atoms with van der Waals surface area (Å²) < 4.78 is 0. The van der Waals surface area contributed by atoms with Crippen LogP contribution in [-0.4, -0.2) is 49.1 Å². The van der Waals surface area contributed by atoms with E-state index in [0.29, 0.717) is 12.5 Å². The summed E-state index contributed by atoms with van der Waals surface area (Å²) in [6.07, 6.45) is 2.94. The minimum absolute atomic E-state index is 0.680. The molecule has 14 heavy (non-hydrogen) atoms. The van der Waals surface area contributed by atoms with Crippen molar-refractivity contribution in [3.63, 3.8) is 0 Å². The highest BCUT2D eigenvalue weighted by atomic mass is 15.3. The van der Waals surface area contributed by atoms with Gasteiger partial charge in [-0.2, -0.15) is 5.26 Å². The predicted molar refractivity (Wildman–Crippen MR) is 58.0 cm³/mol. The quantitative estimate of drug-likeness (QED) is 0.634. The van der Waals surface area contributed by atoms with Gasteiger partial charge in [0.15, 0.2) is 0 Å². The fourth-order valence-electron chi connectivity index (χ4n) is 1.87. The topological polar surface area (TPSA) is 30.3 Å². The first kappa shape index (κ1) is 11.5. The third kappa shape index (κ3) is 3.65. The van der Waals surface area contributed by atoms with Crippen LogP contribution in [0.1, 0.15) is 26.2 Å². The average Bonchev–Trinajstić information content (AvgIpc) is 2.18. The van der Waals surface area contributed by atoms with Gasteiger partial charge in [0.05, 0.1) is 6.07 Å². The lowest BCUT2D eigenvalue weighted by Crippen LogP contribution is -2.50. The van der Waals surface area contributed by atoms with Gasteiger partial charge in [0, 0.05) is 32.1 Å². The first-order chi connectivity index (χ1) is 6.74. The van der Waals surface area contributed by atoms with Crippen LogP contribution >= 0.6 is 0 Å². The van der Waals surface area contributed by atoms with Crippen molar-refractivity contribution < 1.29 is 0 Å². The molecule has 0 aromatic carbocycles. The van der Waals surface area contributed by atoms with Crippen LogP contribution in [0, 0.1) is 11.3 Å². The van der Waals surface area contributed by atoms with Crippen molar-refractivity contribution in [2.75, 3.05) is 33.2 Å². The van der Waals surface area contributed by atoms with Crippen LogP contribution in [0.4, 0.5) is 0 Å². The van der Waals surface area contributed by atoms with E-state index in [-0.39, 0.29) is 0 Å². The van der Waals surface area contributed by atoms with E-state index in [9.17, 15) is 0 Å². The Balaban J connectivity index is 2.11. The summed E-state index contributed by atoms with van der Waals surface area (Å²) in [5, 5.41) is 8.41. The summed E-state index contributed by atoms with van der Waals surface area (Å²) in [6.45, 7) is 7.00. The molecular weight excluding hydrogens is 174 g/mol. The van der Waals surface area contributed by atoms with E-state index in [1.165, 1.54) is 32.6 Å². The van der Waals surface area contributed by atoms with E-state index in [1.54, 1.807) is 0 Å². The van der Waals surface area contributed by atoms with Gasteiger partial charge in [-0.25, -0.2) is 0 Å². The van der Waals surface area contributed by atoms with Crippen LogP contribution in [-0.2, 0) is 0 Å². The maximum Gasteiger partial charge on any atom is 0.0621 e. The molecule has 1 aliphatic heterocycles. The Hall–Kier alpha value is -0.590. The van der Waals surface area contributed by atoms with Crippen LogP contribution in [0.25, 0.3) is 0 Å². The largest absolute Gasteiger partial charge is 0.301 e. The Morgan fingerprint density at radius 3 is 2.79 bits per heavy atom. The Bertz CT molecular complexity index is 197. The van der Waals surface area contributed by atoms with Crippen LogP contribution in [0.15, 0.2) is 0 Å². The number of hydrogen-bond donors (Lipinski definition) is 0. The fraction of sp³-hybridized carbons (Fsp3) is 0.909. The van der Waals surface area contributed by atoms with Crippen molar-refractivity contribution in [1.82, 2.24) is 9.80 Å². The minimum Gasteiger partial charge on any atom is -0.301 e. The second kappa shape index (κ2) is 6.00. The second-order valence-corrected chi connectivity index (χ2v) is 4.25. The van der Waals surface area contributed by atoms with Crippen molar-refractivity contribution in [3.8, 4) is 6.07 Å². The Kier molecular flexibility index (Phi) is 4.92. The van der Waals surface area contributed by atoms with Crippen LogP contribution in [0.5, 0.6) is 0 Å². The summed E-state index contributed by atoms with van der Waals surface area (Å²) in [4.78, 5) is 4.92. The molecule has 1 atom stereocenters. The maximum absolute atomic E-state index is 8.41. The molecule has 1 fully saturated rings. The summed E-state index contributed by atoms with van der Waals surface area (Å²) in [7, 11) is 2.19. The lowest BCUT2D eigenvalue weighted by atomic mass is 10.2. The van der Waals surface area contributed by atoms with Gasteiger partial charge >= 0.3 is 0 Å². The number of unbranched alkanes of at least 4 members (excludes halogenated alkanes) is 2. The molecule has 1 saturated heterocycles. The van der Waals surface area contributed by atoms with Crippen molar-refractivity contribution in [2.45, 2.75) is 32.2 Å². The molecule has 1 rings (SSSR count). The van der Waals surface area contributed by atoms with Crippen LogP contribution in [0.3, 0.4) is 0 Å². The summed E-state index contributed by atoms with van der Waals surface area (Å²) in [6, 6.07) is 2.87. The van der Waals surface area contributed by atoms with Crippen molar-refractivity contribution in [1.29, 1.82) is 5.26 Å². The molecule has 80 valence electrons. The van der Waals surface area contributed by atoms with Gasteiger partial charge in [0.25, 0.3) is 0 Å². The molecule has 1 unspecified atom stereocenters. The summed E-state index contributed by atoms with van der Waals surface area (Å²) in [5.41, 5.74) is 0. The average molecular weight is 195 g/mol. The van der Waals surface area contributed by atoms with Gasteiger partial charge in [0.2, 0.25) is 0 Å². The van der Waals surface area contributed by atoms with E-state index >= 15 is 0 Å². The molecule has 0 aromatic heterocycles. The zero-order chi connectivity index (χ0) is 10.4. The zero-order valence-corrected chi connectivity index (χ0v) is 9.37. The van der Waals surface area contributed by atoms with Crippen molar-refractivity contribution in [2.24, 2.45) is 0 Å². The van der Waals surface area contributed by atoms with Crippen LogP contribution in [0.2, 0.25) is 0 Å². The summed E-state index contributed by atoms with van der Waals surface area (Å²) >= 11 is 0. The maximum atomic E-state index is 8.41. The van der Waals surface area contributed by atoms with E-state index in [2.05, 4.69) is 29.8 Å². The van der Waals surface area contributed by atoms with E-state index in [1.807, 2.05) is 0 Å². The molecule has 0 radical (unpaired) electrons. The molecule has 3 nitrogen and oxygen atoms in total. The standard InChI is InChI=1S/C11H21N3/c1-11-10-14(9-8-13(11)2)7-5-3-4-6-12/h11H,3-5,7-10H2,1-2H3. The molecule has 0 aliphatic carbocycles. The van der Waals surface area contributed by atoms with Gasteiger partial charge in [0.1, 0.15) is 0 Å². The molecule has 0 spiro atoms. The number of hydrogen-bond acceptors (Lipinski definition) is 3. The monoisotopic (exact) mass is 195 g/mol. The van der Waals surface area contributed by atoms with E-state index in [4.69, 9.17) is 5.26 Å². The summed E-state index contributed by atoms with van der Waals surface area (Å²) in [5.74, 6) is 0. The minimum atomic E-state index is 0.680. The number of nitrogens with zero attached hydrogens (tertiary/aromatic N) is 3. The number of nitriles is 1. The molecule has 0 N–H and O–H groups in total. The highest BCUT2D eigenvalue weighted by molar-refractivity contribution is 4.77. The predicted octanol–water partition coefficient (Wildman–Crippen LogP) is 1.32. The van der Waals surface area contributed by atoms with Gasteiger partial charge in [-0.3, -0.25) is 0 Å². The van der Waals surface area contributed by atoms with Crippen molar-refractivity contribution >= 4 is 0 Å². The molecule has 0 bridgehead atoms. The molecule has 0 amide bonds. The smallest absolute Gasteiger partial charge is 0.0621 e. The van der Waals surface area contributed by atoms with Gasteiger partial charge in [-0.15, -0.1) is 0 Å². The van der Waals surface area contributed by atoms with Crippen molar-refractivity contribution in [3.05, 3.63) is 0 Å². The molecule has 0 aromatic rings. The third-order valence-corrected chi connectivity index (χ3v) is 3.06. The highest BCUT2D eigenvalue weighted by Crippen LogP contribution is 2.08. The fourth-order valence-corrected chi connectivity index (χ4v) is 1.87. The van der Waals surface area contributed by atoms with Gasteiger partial charge in [-0.1, -0.05) is 0 Å². The Morgan fingerprint density at radius 1 is 1.36 bits per heavy atom. The molecule has 3 heteroatoms. The SMILES string of the molecule is CC1CN(CCCCC#N)CCN1C. The first-order valence-electron chi connectivity index (χ1n) is 5.53. The van der Waals surface area contributed by atoms with Crippen LogP contribution < -0.4 is 0 Å². The highest BCUT2D eigenvalue weighted by Gasteiger charge is 2.19. The number of rotatable bonds is 4. The van der Waals surface area contributed by atoms with Gasteiger partial charge in [-0.05, 0) is 33.4 Å². The molecule has 0 saturated carbocycles. The van der Waals surface area contributed by atoms with Gasteiger partial charge < -0.3 is 9.80 Å². The van der Waals surface area contributed by atoms with E-state index < -0.39 is 0 Å². The van der Waals surface area contributed by atoms with E-state index in [0.717, 1.165) is 6.42 Å². The first-order valence-corrected chi connectivity index (χ1v) is 5.53. The number of likely N-dealkylation sites (N-methyl/N-ethyl adjacent to an activating group) is 1. The molecule has 1 heterocycles. The molecular formula is C11H21N3. The Morgan fingerprint density at radius 2 is 2.14 bits per heavy atom. The lowest BCUT2D eigenvalue weighted by molar-refractivity contribution is 0.104. The third-order valence-electron chi connectivity index (χ3n) is 3.06. The second-order valence-electron chi connectivity index (χ2n) is 4.25. The molecule has 1 aliphatic rings. The Labute approximate surface area is 87.3 Å². The lowest BCUT2D eigenvalue weighted by Gasteiger charge is -2.37. The normalized spacial score (nSPS) is 24.8.